The minimum Gasteiger partial charge on any atom is -0.495 e. The lowest BCUT2D eigenvalue weighted by Crippen LogP contribution is -2.30. The van der Waals surface area contributed by atoms with Crippen LogP contribution < -0.4 is 20.7 Å². The highest BCUT2D eigenvalue weighted by Crippen LogP contribution is 2.23. The van der Waals surface area contributed by atoms with Gasteiger partial charge in [0.05, 0.1) is 19.3 Å². The number of nitrogen functional groups attached to an aromatic ring is 1. The second-order valence-electron chi connectivity index (χ2n) is 4.70. The van der Waals surface area contributed by atoms with Gasteiger partial charge in [0.25, 0.3) is 0 Å². The van der Waals surface area contributed by atoms with E-state index in [0.29, 0.717) is 17.1 Å². The van der Waals surface area contributed by atoms with Gasteiger partial charge < -0.3 is 20.7 Å². The van der Waals surface area contributed by atoms with Crippen LogP contribution in [0.2, 0.25) is 0 Å². The highest BCUT2D eigenvalue weighted by Gasteiger charge is 2.10. The minimum atomic E-state index is -0.121. The summed E-state index contributed by atoms with van der Waals surface area (Å²) in [4.78, 5) is 13.9. The molecule has 0 aliphatic rings. The second kappa shape index (κ2) is 6.65. The Kier molecular flexibility index (Phi) is 4.66. The molecule has 0 bridgehead atoms. The first-order valence-corrected chi connectivity index (χ1v) is 6.59. The molecule has 0 saturated carbocycles. The Morgan fingerprint density at radius 3 is 2.71 bits per heavy atom. The highest BCUT2D eigenvalue weighted by molar-refractivity contribution is 5.95. The van der Waals surface area contributed by atoms with Crippen LogP contribution in [-0.2, 0) is 4.79 Å². The molecule has 5 heteroatoms. The molecule has 2 aromatic rings. The molecule has 3 N–H and O–H groups in total. The number of hydrogen-bond donors (Lipinski definition) is 2. The van der Waals surface area contributed by atoms with Gasteiger partial charge >= 0.3 is 0 Å². The third kappa shape index (κ3) is 3.89. The first-order valence-electron chi connectivity index (χ1n) is 6.59. The molecule has 0 radical (unpaired) electrons. The van der Waals surface area contributed by atoms with E-state index in [2.05, 4.69) is 5.32 Å². The topological polar surface area (TPSA) is 67.6 Å². The molecule has 0 atom stereocenters. The number of amides is 1. The van der Waals surface area contributed by atoms with E-state index in [1.165, 1.54) is 0 Å². The van der Waals surface area contributed by atoms with Crippen molar-refractivity contribution in [2.24, 2.45) is 0 Å². The van der Waals surface area contributed by atoms with Gasteiger partial charge in [0.2, 0.25) is 5.91 Å². The van der Waals surface area contributed by atoms with Crippen LogP contribution in [0.4, 0.5) is 17.1 Å². The predicted molar refractivity (Wildman–Crippen MR) is 85.7 cm³/mol. The van der Waals surface area contributed by atoms with E-state index in [0.717, 1.165) is 5.69 Å². The molecule has 21 heavy (non-hydrogen) atoms. The van der Waals surface area contributed by atoms with Crippen LogP contribution in [0.25, 0.3) is 0 Å². The third-order valence-electron chi connectivity index (χ3n) is 3.07. The Morgan fingerprint density at radius 1 is 1.24 bits per heavy atom. The fraction of sp³-hybridized carbons (Fsp3) is 0.188. The van der Waals surface area contributed by atoms with E-state index in [9.17, 15) is 4.79 Å². The summed E-state index contributed by atoms with van der Waals surface area (Å²) in [5.41, 5.74) is 7.97. The molecule has 0 aliphatic heterocycles. The summed E-state index contributed by atoms with van der Waals surface area (Å²) >= 11 is 0. The van der Waals surface area contributed by atoms with Crippen molar-refractivity contribution in [2.45, 2.75) is 0 Å². The SMILES string of the molecule is COc1ccccc1NC(=O)CN(C)c1cccc(N)c1. The quantitative estimate of drug-likeness (QED) is 0.828. The zero-order chi connectivity index (χ0) is 15.2. The Labute approximate surface area is 124 Å². The lowest BCUT2D eigenvalue weighted by atomic mass is 10.2. The van der Waals surface area contributed by atoms with Crippen molar-refractivity contribution >= 4 is 23.0 Å². The fourth-order valence-corrected chi connectivity index (χ4v) is 2.01. The molecule has 0 aliphatic carbocycles. The van der Waals surface area contributed by atoms with Gasteiger partial charge in [0.1, 0.15) is 5.75 Å². The van der Waals surface area contributed by atoms with Gasteiger partial charge in [0.15, 0.2) is 0 Å². The zero-order valence-corrected chi connectivity index (χ0v) is 12.2. The summed E-state index contributed by atoms with van der Waals surface area (Å²) in [6, 6.07) is 14.7. The summed E-state index contributed by atoms with van der Waals surface area (Å²) in [6.45, 7) is 0.224. The number of rotatable bonds is 5. The number of nitrogens with two attached hydrogens (primary N) is 1. The Hall–Kier alpha value is -2.69. The van der Waals surface area contributed by atoms with E-state index in [4.69, 9.17) is 10.5 Å². The summed E-state index contributed by atoms with van der Waals surface area (Å²) in [7, 11) is 3.42. The number of nitrogens with zero attached hydrogens (tertiary/aromatic N) is 1. The first-order chi connectivity index (χ1) is 10.1. The molecule has 2 rings (SSSR count). The van der Waals surface area contributed by atoms with Gasteiger partial charge in [0, 0.05) is 18.4 Å². The molecular weight excluding hydrogens is 266 g/mol. The minimum absolute atomic E-state index is 0.121. The second-order valence-corrected chi connectivity index (χ2v) is 4.70. The smallest absolute Gasteiger partial charge is 0.243 e. The van der Waals surface area contributed by atoms with Gasteiger partial charge in [-0.3, -0.25) is 4.79 Å². The third-order valence-corrected chi connectivity index (χ3v) is 3.07. The number of hydrogen-bond acceptors (Lipinski definition) is 4. The number of methoxy groups -OCH3 is 1. The van der Waals surface area contributed by atoms with Gasteiger partial charge in [-0.05, 0) is 30.3 Å². The fourth-order valence-electron chi connectivity index (χ4n) is 2.01. The summed E-state index contributed by atoms with van der Waals surface area (Å²) in [6.07, 6.45) is 0. The van der Waals surface area contributed by atoms with Crippen LogP contribution in [0.5, 0.6) is 5.75 Å². The molecule has 0 saturated heterocycles. The van der Waals surface area contributed by atoms with Crippen molar-refractivity contribution in [2.75, 3.05) is 36.7 Å². The number of para-hydroxylation sites is 2. The Balaban J connectivity index is 2.01. The molecule has 2 aromatic carbocycles. The van der Waals surface area contributed by atoms with E-state index in [1.54, 1.807) is 19.2 Å². The molecule has 0 unspecified atom stereocenters. The molecule has 5 nitrogen and oxygen atoms in total. The largest absolute Gasteiger partial charge is 0.495 e. The van der Waals surface area contributed by atoms with E-state index < -0.39 is 0 Å². The van der Waals surface area contributed by atoms with Crippen molar-refractivity contribution < 1.29 is 9.53 Å². The average molecular weight is 285 g/mol. The summed E-state index contributed by atoms with van der Waals surface area (Å²) in [5.74, 6) is 0.516. The molecule has 1 amide bonds. The number of carbonyl (C=O) groups excluding carboxylic acids is 1. The Morgan fingerprint density at radius 2 is 2.00 bits per heavy atom. The number of ether oxygens (including phenoxy) is 1. The van der Waals surface area contributed by atoms with Gasteiger partial charge in [-0.25, -0.2) is 0 Å². The predicted octanol–water partition coefficient (Wildman–Crippen LogP) is 2.35. The molecule has 0 fully saturated rings. The van der Waals surface area contributed by atoms with Gasteiger partial charge in [-0.2, -0.15) is 0 Å². The van der Waals surface area contributed by atoms with Crippen LogP contribution in [0.1, 0.15) is 0 Å². The number of nitrogens with one attached hydrogen (secondary N) is 1. The van der Waals surface area contributed by atoms with Gasteiger partial charge in [-0.1, -0.05) is 18.2 Å². The maximum Gasteiger partial charge on any atom is 0.243 e. The van der Waals surface area contributed by atoms with Gasteiger partial charge in [-0.15, -0.1) is 0 Å². The highest BCUT2D eigenvalue weighted by atomic mass is 16.5. The molecule has 0 heterocycles. The number of likely N-dealkylation sites (N-methyl/N-ethyl adjacent to an activating group) is 1. The van der Waals surface area contributed by atoms with Crippen LogP contribution in [0.3, 0.4) is 0 Å². The maximum atomic E-state index is 12.1. The van der Waals surface area contributed by atoms with E-state index in [-0.39, 0.29) is 12.5 Å². The number of benzene rings is 2. The van der Waals surface area contributed by atoms with E-state index in [1.807, 2.05) is 48.3 Å². The lowest BCUT2D eigenvalue weighted by molar-refractivity contribution is -0.114. The number of anilines is 3. The van der Waals surface area contributed by atoms with E-state index >= 15 is 0 Å². The summed E-state index contributed by atoms with van der Waals surface area (Å²) in [5, 5.41) is 2.84. The van der Waals surface area contributed by atoms with Crippen molar-refractivity contribution in [3.05, 3.63) is 48.5 Å². The lowest BCUT2D eigenvalue weighted by Gasteiger charge is -2.19. The number of carbonyl (C=O) groups is 1. The zero-order valence-electron chi connectivity index (χ0n) is 12.2. The van der Waals surface area contributed by atoms with Crippen LogP contribution in [-0.4, -0.2) is 26.6 Å². The van der Waals surface area contributed by atoms with Crippen molar-refractivity contribution in [1.82, 2.24) is 0 Å². The molecular formula is C16H19N3O2. The average Bonchev–Trinajstić information content (AvgIpc) is 2.47. The molecule has 0 spiro atoms. The molecule has 110 valence electrons. The molecule has 0 aromatic heterocycles. The van der Waals surface area contributed by atoms with Crippen molar-refractivity contribution in [3.8, 4) is 5.75 Å². The normalized spacial score (nSPS) is 10.0. The monoisotopic (exact) mass is 285 g/mol. The van der Waals surface area contributed by atoms with Crippen LogP contribution >= 0.6 is 0 Å². The van der Waals surface area contributed by atoms with Crippen molar-refractivity contribution in [3.63, 3.8) is 0 Å². The van der Waals surface area contributed by atoms with Crippen LogP contribution in [0, 0.1) is 0 Å². The van der Waals surface area contributed by atoms with Crippen LogP contribution in [0.15, 0.2) is 48.5 Å². The summed E-state index contributed by atoms with van der Waals surface area (Å²) < 4.78 is 5.21. The standard InChI is InChI=1S/C16H19N3O2/c1-19(13-7-5-6-12(17)10-13)11-16(20)18-14-8-3-4-9-15(14)21-2/h3-10H,11,17H2,1-2H3,(H,18,20). The maximum absolute atomic E-state index is 12.1. The Bertz CT molecular complexity index is 628. The first kappa shape index (κ1) is 14.7. The van der Waals surface area contributed by atoms with Crippen molar-refractivity contribution in [1.29, 1.82) is 0 Å².